The Bertz CT molecular complexity index is 970. The summed E-state index contributed by atoms with van der Waals surface area (Å²) < 4.78 is 4.92. The van der Waals surface area contributed by atoms with E-state index >= 15 is 0 Å². The summed E-state index contributed by atoms with van der Waals surface area (Å²) >= 11 is 0. The van der Waals surface area contributed by atoms with Gasteiger partial charge in [-0.05, 0) is 44.1 Å². The van der Waals surface area contributed by atoms with Gasteiger partial charge in [0.25, 0.3) is 0 Å². The van der Waals surface area contributed by atoms with Gasteiger partial charge < -0.3 is 15.0 Å². The maximum atomic E-state index is 13.4. The van der Waals surface area contributed by atoms with Crippen molar-refractivity contribution in [2.75, 3.05) is 45.9 Å². The van der Waals surface area contributed by atoms with E-state index in [1.165, 1.54) is 5.56 Å². The molecule has 0 bridgehead atoms. The molecule has 8 nitrogen and oxygen atoms in total. The fourth-order valence-electron chi connectivity index (χ4n) is 6.09. The largest absolute Gasteiger partial charge is 0.466 e. The van der Waals surface area contributed by atoms with Gasteiger partial charge in [-0.1, -0.05) is 36.3 Å². The standard InChI is InChI=1S/C29H40N4O4/c1-3-24(18-28(35)37-4-2)30-27(34)21-33-13-12-23-10-11-25(19-26(23)29(33)36)32-16-14-31(15-17-32)20-22-8-6-5-7-9-22/h1,5-9,23-26H,4,10-21H2,2H3,(H,30,34)/t23?,24-,25?,26?/m1/s1. The number of hydrogen-bond donors (Lipinski definition) is 1. The Labute approximate surface area is 220 Å². The predicted octanol–water partition coefficient (Wildman–Crippen LogP) is 1.89. The molecule has 4 rings (SSSR count). The van der Waals surface area contributed by atoms with Crippen molar-refractivity contribution in [3.8, 4) is 12.3 Å². The van der Waals surface area contributed by atoms with E-state index in [2.05, 4.69) is 51.4 Å². The zero-order valence-corrected chi connectivity index (χ0v) is 21.9. The highest BCUT2D eigenvalue weighted by molar-refractivity contribution is 5.87. The van der Waals surface area contributed by atoms with Gasteiger partial charge in [0.15, 0.2) is 0 Å². The third kappa shape index (κ3) is 7.33. The van der Waals surface area contributed by atoms with Crippen LogP contribution < -0.4 is 5.32 Å². The summed E-state index contributed by atoms with van der Waals surface area (Å²) in [6.07, 6.45) is 9.43. The highest BCUT2D eigenvalue weighted by Gasteiger charge is 2.42. The first-order valence-corrected chi connectivity index (χ1v) is 13.7. The zero-order valence-electron chi connectivity index (χ0n) is 21.9. The number of ether oxygens (including phenoxy) is 1. The van der Waals surface area contributed by atoms with E-state index in [0.717, 1.165) is 58.4 Å². The fraction of sp³-hybridized carbons (Fsp3) is 0.621. The first kappa shape index (κ1) is 27.2. The number of nitrogens with one attached hydrogen (secondary N) is 1. The van der Waals surface area contributed by atoms with Crippen molar-refractivity contribution < 1.29 is 19.1 Å². The third-order valence-electron chi connectivity index (χ3n) is 8.08. The molecule has 0 spiro atoms. The molecule has 8 heteroatoms. The average Bonchev–Trinajstić information content (AvgIpc) is 2.91. The number of carbonyl (C=O) groups is 3. The number of carbonyl (C=O) groups excluding carboxylic acids is 3. The lowest BCUT2D eigenvalue weighted by molar-refractivity contribution is -0.148. The van der Waals surface area contributed by atoms with E-state index in [0.29, 0.717) is 18.5 Å². The second-order valence-corrected chi connectivity index (χ2v) is 10.5. The zero-order chi connectivity index (χ0) is 26.2. The number of amides is 2. The predicted molar refractivity (Wildman–Crippen MR) is 141 cm³/mol. The average molecular weight is 509 g/mol. The van der Waals surface area contributed by atoms with Crippen LogP contribution in [-0.2, 0) is 25.7 Å². The molecule has 2 saturated heterocycles. The molecule has 2 heterocycles. The summed E-state index contributed by atoms with van der Waals surface area (Å²) in [4.78, 5) is 44.5. The summed E-state index contributed by atoms with van der Waals surface area (Å²) in [5, 5.41) is 2.70. The van der Waals surface area contributed by atoms with E-state index in [1.54, 1.807) is 11.8 Å². The lowest BCUT2D eigenvalue weighted by atomic mass is 9.72. The quantitative estimate of drug-likeness (QED) is 0.405. The number of piperidine rings is 1. The van der Waals surface area contributed by atoms with Crippen molar-refractivity contribution in [1.29, 1.82) is 0 Å². The summed E-state index contributed by atoms with van der Waals surface area (Å²) in [5.41, 5.74) is 1.35. The minimum atomic E-state index is -0.737. The van der Waals surface area contributed by atoms with Crippen molar-refractivity contribution in [3.05, 3.63) is 35.9 Å². The van der Waals surface area contributed by atoms with Crippen LogP contribution in [0.3, 0.4) is 0 Å². The van der Waals surface area contributed by atoms with Gasteiger partial charge in [0, 0.05) is 51.2 Å². The number of hydrogen-bond acceptors (Lipinski definition) is 6. The normalized spacial score (nSPS) is 25.6. The highest BCUT2D eigenvalue weighted by atomic mass is 16.5. The third-order valence-corrected chi connectivity index (χ3v) is 8.08. The van der Waals surface area contributed by atoms with E-state index in [-0.39, 0.29) is 37.3 Å². The highest BCUT2D eigenvalue weighted by Crippen LogP contribution is 2.39. The summed E-state index contributed by atoms with van der Waals surface area (Å²) in [5.74, 6) is 2.12. The van der Waals surface area contributed by atoms with Gasteiger partial charge >= 0.3 is 5.97 Å². The Kier molecular flexibility index (Phi) is 9.59. The van der Waals surface area contributed by atoms with Crippen LogP contribution in [0.15, 0.2) is 30.3 Å². The molecular formula is C29H40N4O4. The monoisotopic (exact) mass is 508 g/mol. The minimum absolute atomic E-state index is 0.0219. The van der Waals surface area contributed by atoms with Gasteiger partial charge in [-0.15, -0.1) is 6.42 Å². The Morgan fingerprint density at radius 1 is 1.11 bits per heavy atom. The number of likely N-dealkylation sites (tertiary alicyclic amines) is 1. The van der Waals surface area contributed by atoms with Crippen LogP contribution in [-0.4, -0.2) is 90.4 Å². The topological polar surface area (TPSA) is 82.2 Å². The first-order valence-electron chi connectivity index (χ1n) is 13.7. The second-order valence-electron chi connectivity index (χ2n) is 10.5. The number of rotatable bonds is 9. The molecule has 3 fully saturated rings. The first-order chi connectivity index (χ1) is 18.0. The Morgan fingerprint density at radius 2 is 1.86 bits per heavy atom. The number of benzene rings is 1. The van der Waals surface area contributed by atoms with Crippen molar-refractivity contribution in [1.82, 2.24) is 20.0 Å². The molecular weight excluding hydrogens is 468 g/mol. The van der Waals surface area contributed by atoms with Crippen molar-refractivity contribution in [2.24, 2.45) is 11.8 Å². The van der Waals surface area contributed by atoms with E-state index in [1.807, 2.05) is 0 Å². The molecule has 37 heavy (non-hydrogen) atoms. The van der Waals surface area contributed by atoms with E-state index in [4.69, 9.17) is 11.2 Å². The molecule has 1 aromatic rings. The van der Waals surface area contributed by atoms with Gasteiger partial charge in [-0.25, -0.2) is 0 Å². The molecule has 2 amide bonds. The van der Waals surface area contributed by atoms with Gasteiger partial charge in [0.05, 0.1) is 19.6 Å². The van der Waals surface area contributed by atoms with Crippen LogP contribution in [0.5, 0.6) is 0 Å². The lowest BCUT2D eigenvalue weighted by Crippen LogP contribution is -2.56. The Hall–Kier alpha value is -2.89. The molecule has 1 aliphatic carbocycles. The van der Waals surface area contributed by atoms with Crippen molar-refractivity contribution in [3.63, 3.8) is 0 Å². The van der Waals surface area contributed by atoms with Crippen LogP contribution in [0.1, 0.15) is 44.6 Å². The number of fused-ring (bicyclic) bond motifs is 1. The summed E-state index contributed by atoms with van der Waals surface area (Å²) in [6, 6.07) is 10.3. The minimum Gasteiger partial charge on any atom is -0.466 e. The van der Waals surface area contributed by atoms with Crippen LogP contribution in [0, 0.1) is 24.2 Å². The van der Waals surface area contributed by atoms with Crippen LogP contribution in [0.4, 0.5) is 0 Å². The molecule has 200 valence electrons. The molecule has 2 aliphatic heterocycles. The maximum absolute atomic E-state index is 13.4. The summed E-state index contributed by atoms with van der Waals surface area (Å²) in [7, 11) is 0. The van der Waals surface area contributed by atoms with Crippen LogP contribution in [0.25, 0.3) is 0 Å². The van der Waals surface area contributed by atoms with Crippen molar-refractivity contribution in [2.45, 2.75) is 57.7 Å². The van der Waals surface area contributed by atoms with Gasteiger partial charge in [-0.2, -0.15) is 0 Å². The summed E-state index contributed by atoms with van der Waals surface area (Å²) in [6.45, 7) is 7.69. The number of esters is 1. The molecule has 0 radical (unpaired) electrons. The molecule has 1 saturated carbocycles. The smallest absolute Gasteiger partial charge is 0.308 e. The Morgan fingerprint density at radius 3 is 2.57 bits per heavy atom. The van der Waals surface area contributed by atoms with Crippen molar-refractivity contribution >= 4 is 17.8 Å². The van der Waals surface area contributed by atoms with Crippen LogP contribution >= 0.6 is 0 Å². The number of piperazine rings is 1. The molecule has 1 N–H and O–H groups in total. The van der Waals surface area contributed by atoms with Gasteiger partial charge in [-0.3, -0.25) is 24.2 Å². The van der Waals surface area contributed by atoms with Crippen LogP contribution in [0.2, 0.25) is 0 Å². The van der Waals surface area contributed by atoms with E-state index < -0.39 is 12.0 Å². The molecule has 1 aromatic carbocycles. The lowest BCUT2D eigenvalue weighted by Gasteiger charge is -2.47. The Balaban J connectivity index is 1.25. The number of terminal acetylenes is 1. The van der Waals surface area contributed by atoms with Gasteiger partial charge in [0.1, 0.15) is 6.04 Å². The van der Waals surface area contributed by atoms with Gasteiger partial charge in [0.2, 0.25) is 11.8 Å². The SMILES string of the molecule is C#C[C@H](CC(=O)OCC)NC(=O)CN1CCC2CCC(N3CCN(Cc4ccccc4)CC3)CC2C1=O. The second kappa shape index (κ2) is 13.1. The van der Waals surface area contributed by atoms with E-state index in [9.17, 15) is 14.4 Å². The maximum Gasteiger partial charge on any atom is 0.308 e. The molecule has 3 aliphatic rings. The fourth-order valence-corrected chi connectivity index (χ4v) is 6.09. The molecule has 3 unspecified atom stereocenters. The molecule has 0 aromatic heterocycles. The number of nitrogens with zero attached hydrogens (tertiary/aromatic N) is 3. The molecule has 4 atom stereocenters.